The summed E-state index contributed by atoms with van der Waals surface area (Å²) in [4.78, 5) is 20.3. The third kappa shape index (κ3) is 4.13. The Kier molecular flexibility index (Phi) is 5.62. The Balaban J connectivity index is 1.66. The average molecular weight is 395 g/mol. The van der Waals surface area contributed by atoms with Crippen molar-refractivity contribution < 1.29 is 27.4 Å². The predicted octanol–water partition coefficient (Wildman–Crippen LogP) is 3.08. The van der Waals surface area contributed by atoms with Crippen LogP contribution in [-0.4, -0.2) is 56.2 Å². The minimum Gasteiger partial charge on any atom is -0.497 e. The second kappa shape index (κ2) is 7.95. The molecular formula is C19H20F3N3O3. The Hall–Kier alpha value is -2.97. The summed E-state index contributed by atoms with van der Waals surface area (Å²) in [5.74, 6) is 1.31. The largest absolute Gasteiger partial charge is 0.497 e. The second-order valence-electron chi connectivity index (χ2n) is 6.25. The van der Waals surface area contributed by atoms with Gasteiger partial charge in [0, 0.05) is 38.4 Å². The number of halogens is 3. The highest BCUT2D eigenvalue weighted by Gasteiger charge is 2.31. The molecule has 3 rings (SSSR count). The van der Waals surface area contributed by atoms with Crippen LogP contribution in [0, 0.1) is 0 Å². The lowest BCUT2D eigenvalue weighted by molar-refractivity contribution is -0.137. The fourth-order valence-corrected chi connectivity index (χ4v) is 3.02. The lowest BCUT2D eigenvalue weighted by Crippen LogP contribution is -2.49. The highest BCUT2D eigenvalue weighted by atomic mass is 19.4. The van der Waals surface area contributed by atoms with Gasteiger partial charge in [-0.05, 0) is 24.3 Å². The van der Waals surface area contributed by atoms with Crippen molar-refractivity contribution in [2.45, 2.75) is 6.18 Å². The van der Waals surface area contributed by atoms with Gasteiger partial charge in [0.2, 0.25) is 0 Å². The first kappa shape index (κ1) is 19.8. The van der Waals surface area contributed by atoms with E-state index in [2.05, 4.69) is 4.98 Å². The number of methoxy groups -OCH3 is 2. The smallest absolute Gasteiger partial charge is 0.417 e. The van der Waals surface area contributed by atoms with Crippen molar-refractivity contribution >= 4 is 11.7 Å². The molecule has 2 aromatic rings. The van der Waals surface area contributed by atoms with E-state index >= 15 is 0 Å². The molecule has 2 heterocycles. The van der Waals surface area contributed by atoms with Crippen LogP contribution in [0.1, 0.15) is 15.9 Å². The third-order valence-corrected chi connectivity index (χ3v) is 4.61. The van der Waals surface area contributed by atoms with E-state index in [9.17, 15) is 18.0 Å². The first-order valence-corrected chi connectivity index (χ1v) is 8.63. The fraction of sp³-hybridized carbons (Fsp3) is 0.368. The Bertz CT molecular complexity index is 833. The Morgan fingerprint density at radius 1 is 1.04 bits per heavy atom. The summed E-state index contributed by atoms with van der Waals surface area (Å²) in [5.41, 5.74) is -0.346. The van der Waals surface area contributed by atoms with Gasteiger partial charge in [0.25, 0.3) is 5.91 Å². The Labute approximate surface area is 160 Å². The molecular weight excluding hydrogens is 375 g/mol. The van der Waals surface area contributed by atoms with Crippen LogP contribution < -0.4 is 14.4 Å². The number of alkyl halides is 3. The predicted molar refractivity (Wildman–Crippen MR) is 96.9 cm³/mol. The van der Waals surface area contributed by atoms with E-state index in [1.165, 1.54) is 20.3 Å². The minimum absolute atomic E-state index is 0.167. The van der Waals surface area contributed by atoms with Crippen LogP contribution in [0.5, 0.6) is 11.5 Å². The van der Waals surface area contributed by atoms with Gasteiger partial charge in [0.15, 0.2) is 0 Å². The number of ether oxygens (including phenoxy) is 2. The SMILES string of the molecule is COc1ccc(C(=O)N2CCN(c3ccc(C(F)(F)F)cn3)CC2)c(OC)c1. The molecule has 1 aromatic heterocycles. The molecule has 0 atom stereocenters. The lowest BCUT2D eigenvalue weighted by atomic mass is 10.1. The molecule has 0 saturated carbocycles. The van der Waals surface area contributed by atoms with Crippen molar-refractivity contribution in [3.63, 3.8) is 0 Å². The van der Waals surface area contributed by atoms with E-state index < -0.39 is 11.7 Å². The van der Waals surface area contributed by atoms with Crippen LogP contribution >= 0.6 is 0 Å². The molecule has 9 heteroatoms. The highest BCUT2D eigenvalue weighted by Crippen LogP contribution is 2.30. The van der Waals surface area contributed by atoms with Gasteiger partial charge in [-0.25, -0.2) is 4.98 Å². The zero-order valence-corrected chi connectivity index (χ0v) is 15.5. The summed E-state index contributed by atoms with van der Waals surface area (Å²) in [6.07, 6.45) is -3.58. The molecule has 0 aliphatic carbocycles. The summed E-state index contributed by atoms with van der Waals surface area (Å²) >= 11 is 0. The summed E-state index contributed by atoms with van der Waals surface area (Å²) in [5, 5.41) is 0. The zero-order chi connectivity index (χ0) is 20.3. The summed E-state index contributed by atoms with van der Waals surface area (Å²) in [6.45, 7) is 1.80. The Morgan fingerprint density at radius 2 is 1.75 bits per heavy atom. The number of rotatable bonds is 4. The number of piperazine rings is 1. The van der Waals surface area contributed by atoms with E-state index in [4.69, 9.17) is 9.47 Å². The van der Waals surface area contributed by atoms with Gasteiger partial charge in [-0.1, -0.05) is 0 Å². The maximum absolute atomic E-state index is 12.8. The van der Waals surface area contributed by atoms with Gasteiger partial charge in [-0.2, -0.15) is 13.2 Å². The fourth-order valence-electron chi connectivity index (χ4n) is 3.02. The van der Waals surface area contributed by atoms with Gasteiger partial charge in [0.05, 0.1) is 25.3 Å². The first-order chi connectivity index (χ1) is 13.3. The monoisotopic (exact) mass is 395 g/mol. The van der Waals surface area contributed by atoms with E-state index in [1.807, 2.05) is 4.90 Å². The molecule has 1 aliphatic heterocycles. The number of amides is 1. The minimum atomic E-state index is -4.41. The maximum atomic E-state index is 12.8. The highest BCUT2D eigenvalue weighted by molar-refractivity contribution is 5.97. The molecule has 1 amide bonds. The molecule has 150 valence electrons. The number of anilines is 1. The van der Waals surface area contributed by atoms with E-state index in [-0.39, 0.29) is 5.91 Å². The second-order valence-corrected chi connectivity index (χ2v) is 6.25. The summed E-state index contributed by atoms with van der Waals surface area (Å²) in [6, 6.07) is 7.37. The summed E-state index contributed by atoms with van der Waals surface area (Å²) in [7, 11) is 3.02. The number of benzene rings is 1. The molecule has 0 unspecified atom stereocenters. The van der Waals surface area contributed by atoms with Gasteiger partial charge >= 0.3 is 6.18 Å². The van der Waals surface area contributed by atoms with Crippen molar-refractivity contribution in [3.05, 3.63) is 47.7 Å². The van der Waals surface area contributed by atoms with Crippen molar-refractivity contribution in [1.82, 2.24) is 9.88 Å². The zero-order valence-electron chi connectivity index (χ0n) is 15.5. The number of pyridine rings is 1. The number of hydrogen-bond donors (Lipinski definition) is 0. The number of aromatic nitrogens is 1. The van der Waals surface area contributed by atoms with Crippen LogP contribution in [0.2, 0.25) is 0 Å². The molecule has 0 spiro atoms. The van der Waals surface area contributed by atoms with Gasteiger partial charge in [-0.3, -0.25) is 4.79 Å². The van der Waals surface area contributed by atoms with Crippen molar-refractivity contribution in [3.8, 4) is 11.5 Å². The number of carbonyl (C=O) groups excluding carboxylic acids is 1. The van der Waals surface area contributed by atoms with Gasteiger partial charge in [-0.15, -0.1) is 0 Å². The van der Waals surface area contributed by atoms with Crippen molar-refractivity contribution in [1.29, 1.82) is 0 Å². The number of hydrogen-bond acceptors (Lipinski definition) is 5. The number of nitrogens with zero attached hydrogens (tertiary/aromatic N) is 3. The average Bonchev–Trinajstić information content (AvgIpc) is 2.72. The van der Waals surface area contributed by atoms with Crippen molar-refractivity contribution in [2.24, 2.45) is 0 Å². The van der Waals surface area contributed by atoms with Crippen LogP contribution in [0.15, 0.2) is 36.5 Å². The third-order valence-electron chi connectivity index (χ3n) is 4.61. The standard InChI is InChI=1S/C19H20F3N3O3/c1-27-14-4-5-15(16(11-14)28-2)18(26)25-9-7-24(8-10-25)17-6-3-13(12-23-17)19(20,21)22/h3-6,11-12H,7-10H2,1-2H3. The quantitative estimate of drug-likeness (QED) is 0.797. The molecule has 28 heavy (non-hydrogen) atoms. The maximum Gasteiger partial charge on any atom is 0.417 e. The molecule has 1 saturated heterocycles. The Morgan fingerprint density at radius 3 is 2.29 bits per heavy atom. The van der Waals surface area contributed by atoms with Gasteiger partial charge < -0.3 is 19.3 Å². The molecule has 6 nitrogen and oxygen atoms in total. The lowest BCUT2D eigenvalue weighted by Gasteiger charge is -2.35. The molecule has 1 aromatic carbocycles. The topological polar surface area (TPSA) is 54.9 Å². The van der Waals surface area contributed by atoms with Crippen molar-refractivity contribution in [2.75, 3.05) is 45.3 Å². The molecule has 0 N–H and O–H groups in total. The van der Waals surface area contributed by atoms with E-state index in [1.54, 1.807) is 23.1 Å². The first-order valence-electron chi connectivity index (χ1n) is 8.63. The molecule has 0 radical (unpaired) electrons. The number of carbonyl (C=O) groups is 1. The molecule has 1 fully saturated rings. The van der Waals surface area contributed by atoms with Crippen LogP contribution in [0.4, 0.5) is 19.0 Å². The molecule has 1 aliphatic rings. The van der Waals surface area contributed by atoms with E-state index in [0.29, 0.717) is 49.1 Å². The normalized spacial score (nSPS) is 14.8. The van der Waals surface area contributed by atoms with Crippen LogP contribution in [-0.2, 0) is 6.18 Å². The molecule has 0 bridgehead atoms. The van der Waals surface area contributed by atoms with Crippen LogP contribution in [0.25, 0.3) is 0 Å². The van der Waals surface area contributed by atoms with E-state index in [0.717, 1.165) is 12.3 Å². The van der Waals surface area contributed by atoms with Crippen LogP contribution in [0.3, 0.4) is 0 Å². The van der Waals surface area contributed by atoms with Gasteiger partial charge in [0.1, 0.15) is 17.3 Å². The summed E-state index contributed by atoms with van der Waals surface area (Å²) < 4.78 is 48.4.